The fourth-order valence-corrected chi connectivity index (χ4v) is 3.94. The number of hydrogen-bond acceptors (Lipinski definition) is 4. The Morgan fingerprint density at radius 3 is 2.73 bits per heavy atom. The van der Waals surface area contributed by atoms with Crippen molar-refractivity contribution in [1.29, 1.82) is 0 Å². The van der Waals surface area contributed by atoms with Crippen molar-refractivity contribution in [3.05, 3.63) is 53.9 Å². The van der Waals surface area contributed by atoms with E-state index in [1.807, 2.05) is 18.2 Å². The number of rotatable bonds is 7. The van der Waals surface area contributed by atoms with Gasteiger partial charge in [0, 0.05) is 12.6 Å². The Morgan fingerprint density at radius 1 is 1.19 bits per heavy atom. The van der Waals surface area contributed by atoms with E-state index in [1.54, 1.807) is 22.4 Å². The second kappa shape index (κ2) is 8.41. The molecule has 2 heterocycles. The Balaban J connectivity index is 1.99. The third-order valence-electron chi connectivity index (χ3n) is 4.38. The number of carbonyl (C=O) groups is 1. The van der Waals surface area contributed by atoms with Crippen LogP contribution in [0.15, 0.2) is 42.6 Å². The second-order valence-electron chi connectivity index (χ2n) is 6.75. The molecule has 26 heavy (non-hydrogen) atoms. The molecule has 0 fully saturated rings. The first kappa shape index (κ1) is 18.5. The highest BCUT2D eigenvalue weighted by Crippen LogP contribution is 2.34. The van der Waals surface area contributed by atoms with E-state index in [9.17, 15) is 4.79 Å². The molecular formula is C21H25N3OS. The van der Waals surface area contributed by atoms with Gasteiger partial charge < -0.3 is 0 Å². The zero-order valence-corrected chi connectivity index (χ0v) is 16.4. The molecule has 0 radical (unpaired) electrons. The zero-order valence-electron chi connectivity index (χ0n) is 15.6. The average Bonchev–Trinajstić information content (AvgIpc) is 3.08. The normalized spacial score (nSPS) is 11.2. The molecule has 0 aliphatic carbocycles. The number of thiazole rings is 1. The van der Waals surface area contributed by atoms with Crippen molar-refractivity contribution in [2.75, 3.05) is 4.90 Å². The van der Waals surface area contributed by atoms with Gasteiger partial charge in [0.05, 0.1) is 22.5 Å². The summed E-state index contributed by atoms with van der Waals surface area (Å²) in [5, 5.41) is 0.764. The highest BCUT2D eigenvalue weighted by molar-refractivity contribution is 7.22. The number of pyridine rings is 1. The lowest BCUT2D eigenvalue weighted by Crippen LogP contribution is -2.30. The molecule has 5 heteroatoms. The number of aromatic nitrogens is 2. The van der Waals surface area contributed by atoms with Gasteiger partial charge in [-0.25, -0.2) is 4.98 Å². The number of nitrogens with zero attached hydrogens (tertiary/aromatic N) is 3. The zero-order chi connectivity index (χ0) is 18.5. The molecule has 0 N–H and O–H groups in total. The van der Waals surface area contributed by atoms with Gasteiger partial charge in [0.25, 0.3) is 0 Å². The van der Waals surface area contributed by atoms with Crippen LogP contribution in [0.25, 0.3) is 10.2 Å². The van der Waals surface area contributed by atoms with E-state index < -0.39 is 0 Å². The summed E-state index contributed by atoms with van der Waals surface area (Å²) in [5.74, 6) is 0.510. The molecule has 3 aromatic rings. The van der Waals surface area contributed by atoms with Crippen LogP contribution in [0.1, 0.15) is 57.2 Å². The number of unbranched alkanes of at least 4 members (excludes halogenated alkanes) is 1. The monoisotopic (exact) mass is 367 g/mol. The summed E-state index contributed by atoms with van der Waals surface area (Å²) in [6.07, 6.45) is 4.19. The van der Waals surface area contributed by atoms with Crippen molar-refractivity contribution in [2.45, 2.75) is 52.5 Å². The Hall–Kier alpha value is -2.27. The van der Waals surface area contributed by atoms with Crippen molar-refractivity contribution in [3.8, 4) is 0 Å². The third kappa shape index (κ3) is 4.10. The first-order chi connectivity index (χ1) is 12.6. The molecule has 0 saturated carbocycles. The van der Waals surface area contributed by atoms with Gasteiger partial charge >= 0.3 is 0 Å². The van der Waals surface area contributed by atoms with Crippen molar-refractivity contribution in [2.24, 2.45) is 0 Å². The fraction of sp³-hybridized carbons (Fsp3) is 0.381. The molecule has 0 bridgehead atoms. The first-order valence-electron chi connectivity index (χ1n) is 9.20. The van der Waals surface area contributed by atoms with Crippen LogP contribution in [0, 0.1) is 0 Å². The summed E-state index contributed by atoms with van der Waals surface area (Å²) in [6.45, 7) is 6.90. The Bertz CT molecular complexity index is 873. The van der Waals surface area contributed by atoms with Crippen LogP contribution in [0.4, 0.5) is 5.13 Å². The molecule has 0 spiro atoms. The van der Waals surface area contributed by atoms with E-state index in [1.165, 1.54) is 5.56 Å². The summed E-state index contributed by atoms with van der Waals surface area (Å²) in [4.78, 5) is 23.9. The fourth-order valence-electron chi connectivity index (χ4n) is 2.92. The molecule has 0 aliphatic rings. The van der Waals surface area contributed by atoms with Crippen LogP contribution in [-0.2, 0) is 11.3 Å². The lowest BCUT2D eigenvalue weighted by molar-refractivity contribution is -0.118. The maximum Gasteiger partial charge on any atom is 0.229 e. The van der Waals surface area contributed by atoms with E-state index >= 15 is 0 Å². The number of benzene rings is 1. The SMILES string of the molecule is CCCCC(=O)N(Cc1ccccn1)c1nc2c(C(C)C)cccc2s1. The summed E-state index contributed by atoms with van der Waals surface area (Å²) in [7, 11) is 0. The molecule has 2 aromatic heterocycles. The number of fused-ring (bicyclic) bond motifs is 1. The molecule has 0 atom stereocenters. The number of anilines is 1. The van der Waals surface area contributed by atoms with Crippen LogP contribution < -0.4 is 4.90 Å². The molecule has 4 nitrogen and oxygen atoms in total. The van der Waals surface area contributed by atoms with Gasteiger partial charge in [0.15, 0.2) is 5.13 Å². The third-order valence-corrected chi connectivity index (χ3v) is 5.43. The number of hydrogen-bond donors (Lipinski definition) is 0. The van der Waals surface area contributed by atoms with Gasteiger partial charge in [-0.2, -0.15) is 0 Å². The molecule has 1 amide bonds. The van der Waals surface area contributed by atoms with Crippen LogP contribution in [0.3, 0.4) is 0 Å². The lowest BCUT2D eigenvalue weighted by Gasteiger charge is -2.19. The second-order valence-corrected chi connectivity index (χ2v) is 7.76. The molecule has 136 valence electrons. The predicted molar refractivity (Wildman–Crippen MR) is 109 cm³/mol. The highest BCUT2D eigenvalue weighted by Gasteiger charge is 2.21. The molecule has 0 unspecified atom stereocenters. The van der Waals surface area contributed by atoms with E-state index in [-0.39, 0.29) is 5.91 Å². The summed E-state index contributed by atoms with van der Waals surface area (Å²) in [5.41, 5.74) is 3.11. The maximum absolute atomic E-state index is 12.9. The Labute approximate surface area is 158 Å². The first-order valence-corrected chi connectivity index (χ1v) is 10.0. The van der Waals surface area contributed by atoms with Crippen molar-refractivity contribution in [3.63, 3.8) is 0 Å². The highest BCUT2D eigenvalue weighted by atomic mass is 32.1. The van der Waals surface area contributed by atoms with E-state index in [0.717, 1.165) is 33.9 Å². The standard InChI is InChI=1S/C21H25N3OS/c1-4-5-12-19(25)24(14-16-9-6-7-13-22-16)21-23-20-17(15(2)3)10-8-11-18(20)26-21/h6-11,13,15H,4-5,12,14H2,1-3H3. The molecular weight excluding hydrogens is 342 g/mol. The number of amides is 1. The van der Waals surface area contributed by atoms with Gasteiger partial charge in [-0.1, -0.05) is 56.7 Å². The van der Waals surface area contributed by atoms with Gasteiger partial charge in [-0.3, -0.25) is 14.7 Å². The van der Waals surface area contributed by atoms with Crippen LogP contribution >= 0.6 is 11.3 Å². The lowest BCUT2D eigenvalue weighted by atomic mass is 10.0. The van der Waals surface area contributed by atoms with Gasteiger partial charge in [-0.05, 0) is 36.1 Å². The largest absolute Gasteiger partial charge is 0.282 e. The Kier molecular flexibility index (Phi) is 5.99. The maximum atomic E-state index is 12.9. The quantitative estimate of drug-likeness (QED) is 0.551. The minimum Gasteiger partial charge on any atom is -0.282 e. The predicted octanol–water partition coefficient (Wildman–Crippen LogP) is 5.54. The summed E-state index contributed by atoms with van der Waals surface area (Å²) >= 11 is 1.58. The minimum atomic E-state index is 0.114. The van der Waals surface area contributed by atoms with Gasteiger partial charge in [-0.15, -0.1) is 0 Å². The van der Waals surface area contributed by atoms with E-state index in [4.69, 9.17) is 4.98 Å². The minimum absolute atomic E-state index is 0.114. The molecule has 1 aromatic carbocycles. The average molecular weight is 368 g/mol. The number of para-hydroxylation sites is 1. The van der Waals surface area contributed by atoms with Crippen molar-refractivity contribution in [1.82, 2.24) is 9.97 Å². The number of carbonyl (C=O) groups excluding carboxylic acids is 1. The Morgan fingerprint density at radius 2 is 2.04 bits per heavy atom. The topological polar surface area (TPSA) is 46.1 Å². The van der Waals surface area contributed by atoms with Crippen molar-refractivity contribution >= 4 is 32.6 Å². The molecule has 0 saturated heterocycles. The van der Waals surface area contributed by atoms with Crippen LogP contribution in [0.2, 0.25) is 0 Å². The van der Waals surface area contributed by atoms with E-state index in [2.05, 4.69) is 44.0 Å². The smallest absolute Gasteiger partial charge is 0.229 e. The molecule has 3 rings (SSSR count). The summed E-state index contributed by atoms with van der Waals surface area (Å²) < 4.78 is 1.13. The van der Waals surface area contributed by atoms with Gasteiger partial charge in [0.1, 0.15) is 0 Å². The van der Waals surface area contributed by atoms with Gasteiger partial charge in [0.2, 0.25) is 5.91 Å². The summed E-state index contributed by atoms with van der Waals surface area (Å²) in [6, 6.07) is 12.1. The van der Waals surface area contributed by atoms with Crippen molar-refractivity contribution < 1.29 is 4.79 Å². The van der Waals surface area contributed by atoms with Crippen LogP contribution in [0.5, 0.6) is 0 Å². The van der Waals surface area contributed by atoms with E-state index in [0.29, 0.717) is 18.9 Å². The van der Waals surface area contributed by atoms with Crippen LogP contribution in [-0.4, -0.2) is 15.9 Å². The molecule has 0 aliphatic heterocycles.